The van der Waals surface area contributed by atoms with Crippen molar-refractivity contribution < 1.29 is 4.74 Å². The van der Waals surface area contributed by atoms with E-state index in [1.807, 2.05) is 43.8 Å². The Morgan fingerprint density at radius 1 is 1.23 bits per heavy atom. The lowest BCUT2D eigenvalue weighted by molar-refractivity contribution is 0.222. The Labute approximate surface area is 173 Å². The van der Waals surface area contributed by atoms with Crippen molar-refractivity contribution in [2.24, 2.45) is 12.0 Å². The second kappa shape index (κ2) is 10.4. The normalized spacial score (nSPS) is 12.3. The third kappa shape index (κ3) is 5.89. The maximum atomic E-state index is 5.99. The molecule has 26 heavy (non-hydrogen) atoms. The van der Waals surface area contributed by atoms with E-state index in [1.165, 1.54) is 5.56 Å². The highest BCUT2D eigenvalue weighted by Crippen LogP contribution is 2.17. The van der Waals surface area contributed by atoms with Crippen LogP contribution in [0.4, 0.5) is 0 Å². The molecule has 2 rings (SSSR count). The molecule has 0 aliphatic heterocycles. The highest BCUT2D eigenvalue weighted by atomic mass is 127. The van der Waals surface area contributed by atoms with Gasteiger partial charge in [-0.25, -0.2) is 0 Å². The molecule has 1 aromatic heterocycles. The maximum Gasteiger partial charge on any atom is 0.191 e. The second-order valence-electron chi connectivity index (χ2n) is 6.27. The van der Waals surface area contributed by atoms with Gasteiger partial charge in [0.05, 0.1) is 12.2 Å². The highest BCUT2D eigenvalue weighted by Gasteiger charge is 2.11. The van der Waals surface area contributed by atoms with Crippen LogP contribution >= 0.6 is 24.0 Å². The second-order valence-corrected chi connectivity index (χ2v) is 6.27. The molecular weight excluding hydrogens is 441 g/mol. The summed E-state index contributed by atoms with van der Waals surface area (Å²) in [6.07, 6.45) is 0.0292. The van der Waals surface area contributed by atoms with Crippen LogP contribution in [0.15, 0.2) is 29.3 Å². The van der Waals surface area contributed by atoms with Crippen molar-refractivity contribution in [3.05, 3.63) is 46.8 Å². The van der Waals surface area contributed by atoms with E-state index in [1.54, 1.807) is 7.05 Å². The number of nitrogens with zero attached hydrogens (tertiary/aromatic N) is 3. The molecule has 0 spiro atoms. The van der Waals surface area contributed by atoms with Gasteiger partial charge in [0.1, 0.15) is 11.9 Å². The van der Waals surface area contributed by atoms with E-state index >= 15 is 0 Å². The number of halogens is 1. The van der Waals surface area contributed by atoms with Gasteiger partial charge in [0, 0.05) is 31.9 Å². The summed E-state index contributed by atoms with van der Waals surface area (Å²) in [6.45, 7) is 9.55. The van der Waals surface area contributed by atoms with Crippen LogP contribution in [-0.2, 0) is 13.6 Å². The van der Waals surface area contributed by atoms with Crippen LogP contribution < -0.4 is 15.4 Å². The van der Waals surface area contributed by atoms with Gasteiger partial charge in [0.2, 0.25) is 0 Å². The quantitative estimate of drug-likeness (QED) is 0.386. The van der Waals surface area contributed by atoms with Crippen molar-refractivity contribution in [3.8, 4) is 5.75 Å². The van der Waals surface area contributed by atoms with Crippen LogP contribution in [0, 0.1) is 20.8 Å². The van der Waals surface area contributed by atoms with Crippen molar-refractivity contribution in [3.63, 3.8) is 0 Å². The molecule has 144 valence electrons. The minimum atomic E-state index is 0. The number of para-hydroxylation sites is 1. The molecule has 0 bridgehead atoms. The molecule has 0 amide bonds. The lowest BCUT2D eigenvalue weighted by Crippen LogP contribution is -2.41. The van der Waals surface area contributed by atoms with E-state index in [0.717, 1.165) is 28.7 Å². The fourth-order valence-corrected chi connectivity index (χ4v) is 2.65. The molecule has 7 heteroatoms. The van der Waals surface area contributed by atoms with Crippen molar-refractivity contribution in [2.45, 2.75) is 40.3 Å². The zero-order chi connectivity index (χ0) is 18.4. The summed E-state index contributed by atoms with van der Waals surface area (Å²) in [4.78, 5) is 4.28. The van der Waals surface area contributed by atoms with Gasteiger partial charge in [0.25, 0.3) is 0 Å². The SMILES string of the molecule is CN=C(NCc1c(C)nn(C)c1C)NCC(C)Oc1ccccc1C.I. The third-order valence-electron chi connectivity index (χ3n) is 4.29. The van der Waals surface area contributed by atoms with Crippen molar-refractivity contribution in [1.82, 2.24) is 20.4 Å². The summed E-state index contributed by atoms with van der Waals surface area (Å²) in [5, 5.41) is 11.1. The molecule has 0 radical (unpaired) electrons. The van der Waals surface area contributed by atoms with E-state index in [-0.39, 0.29) is 30.1 Å². The van der Waals surface area contributed by atoms with Gasteiger partial charge in [-0.3, -0.25) is 9.67 Å². The van der Waals surface area contributed by atoms with E-state index < -0.39 is 0 Å². The molecule has 6 nitrogen and oxygen atoms in total. The fraction of sp³-hybridized carbons (Fsp3) is 0.474. The summed E-state index contributed by atoms with van der Waals surface area (Å²) in [7, 11) is 3.73. The predicted octanol–water partition coefficient (Wildman–Crippen LogP) is 3.10. The van der Waals surface area contributed by atoms with Gasteiger partial charge in [-0.2, -0.15) is 5.10 Å². The van der Waals surface area contributed by atoms with Gasteiger partial charge in [-0.05, 0) is 39.3 Å². The summed E-state index contributed by atoms with van der Waals surface area (Å²) in [5.74, 6) is 1.67. The molecule has 1 atom stereocenters. The van der Waals surface area contributed by atoms with E-state index in [9.17, 15) is 0 Å². The van der Waals surface area contributed by atoms with Crippen molar-refractivity contribution in [1.29, 1.82) is 0 Å². The van der Waals surface area contributed by atoms with E-state index in [2.05, 4.69) is 40.6 Å². The zero-order valence-electron chi connectivity index (χ0n) is 16.5. The van der Waals surface area contributed by atoms with E-state index in [0.29, 0.717) is 13.1 Å². The number of guanidine groups is 1. The van der Waals surface area contributed by atoms with Gasteiger partial charge < -0.3 is 15.4 Å². The Balaban J connectivity index is 0.00000338. The number of ether oxygens (including phenoxy) is 1. The number of aryl methyl sites for hydroxylation is 3. The van der Waals surface area contributed by atoms with Crippen molar-refractivity contribution >= 4 is 29.9 Å². The number of aliphatic imine (C=N–C) groups is 1. The van der Waals surface area contributed by atoms with Crippen molar-refractivity contribution in [2.75, 3.05) is 13.6 Å². The molecule has 0 fully saturated rings. The molecule has 0 aliphatic carbocycles. The zero-order valence-corrected chi connectivity index (χ0v) is 18.8. The Hall–Kier alpha value is -1.77. The molecular formula is C19H30IN5O. The molecule has 0 saturated heterocycles. The average Bonchev–Trinajstić information content (AvgIpc) is 2.82. The molecule has 1 unspecified atom stereocenters. The summed E-state index contributed by atoms with van der Waals surface area (Å²) < 4.78 is 7.89. The number of nitrogens with one attached hydrogen (secondary N) is 2. The smallest absolute Gasteiger partial charge is 0.191 e. The first kappa shape index (κ1) is 22.3. The first-order valence-corrected chi connectivity index (χ1v) is 8.58. The number of aromatic nitrogens is 2. The Bertz CT molecular complexity index is 742. The van der Waals surface area contributed by atoms with Gasteiger partial charge in [0.15, 0.2) is 5.96 Å². The van der Waals surface area contributed by atoms with Gasteiger partial charge >= 0.3 is 0 Å². The van der Waals surface area contributed by atoms with Gasteiger partial charge in [-0.1, -0.05) is 18.2 Å². The highest BCUT2D eigenvalue weighted by molar-refractivity contribution is 14.0. The Morgan fingerprint density at radius 3 is 2.50 bits per heavy atom. The van der Waals surface area contributed by atoms with Crippen LogP contribution in [0.3, 0.4) is 0 Å². The van der Waals surface area contributed by atoms with Crippen LogP contribution in [0.5, 0.6) is 5.75 Å². The monoisotopic (exact) mass is 471 g/mol. The third-order valence-corrected chi connectivity index (χ3v) is 4.29. The summed E-state index contributed by atoms with van der Waals surface area (Å²) >= 11 is 0. The standard InChI is InChI=1S/C19H29N5O.HI/c1-13-9-7-8-10-18(13)25-14(2)11-21-19(20-5)22-12-17-15(3)23-24(6)16(17)4;/h7-10,14H,11-12H2,1-6H3,(H2,20,21,22);1H. The Morgan fingerprint density at radius 2 is 1.92 bits per heavy atom. The molecule has 1 heterocycles. The largest absolute Gasteiger partial charge is 0.489 e. The van der Waals surface area contributed by atoms with Crippen LogP contribution in [-0.4, -0.2) is 35.4 Å². The topological polar surface area (TPSA) is 63.5 Å². The molecule has 2 aromatic rings. The number of rotatable bonds is 6. The average molecular weight is 471 g/mol. The van der Waals surface area contributed by atoms with Crippen LogP contribution in [0.2, 0.25) is 0 Å². The first-order chi connectivity index (χ1) is 11.9. The first-order valence-electron chi connectivity index (χ1n) is 8.58. The maximum absolute atomic E-state index is 5.99. The number of hydrogen-bond acceptors (Lipinski definition) is 3. The predicted molar refractivity (Wildman–Crippen MR) is 118 cm³/mol. The molecule has 1 aromatic carbocycles. The Kier molecular flexibility index (Phi) is 8.91. The summed E-state index contributed by atoms with van der Waals surface area (Å²) in [5.41, 5.74) is 4.55. The lowest BCUT2D eigenvalue weighted by Gasteiger charge is -2.19. The minimum absolute atomic E-state index is 0. The van der Waals surface area contributed by atoms with Crippen LogP contribution in [0.25, 0.3) is 0 Å². The number of benzene rings is 1. The van der Waals surface area contributed by atoms with Crippen LogP contribution in [0.1, 0.15) is 29.4 Å². The van der Waals surface area contributed by atoms with E-state index in [4.69, 9.17) is 4.74 Å². The molecule has 0 saturated carbocycles. The lowest BCUT2D eigenvalue weighted by atomic mass is 10.2. The van der Waals surface area contributed by atoms with Gasteiger partial charge in [-0.15, -0.1) is 24.0 Å². The molecule has 0 aliphatic rings. The number of hydrogen-bond donors (Lipinski definition) is 2. The minimum Gasteiger partial charge on any atom is -0.489 e. The molecule has 2 N–H and O–H groups in total. The fourth-order valence-electron chi connectivity index (χ4n) is 2.65. The summed E-state index contributed by atoms with van der Waals surface area (Å²) in [6, 6.07) is 8.04.